The van der Waals surface area contributed by atoms with Crippen LogP contribution in [-0.4, -0.2) is 20.0 Å². The van der Waals surface area contributed by atoms with Crippen molar-refractivity contribution in [3.63, 3.8) is 0 Å². The number of rotatable bonds is 2. The zero-order chi connectivity index (χ0) is 15.0. The first kappa shape index (κ1) is 14.3. The van der Waals surface area contributed by atoms with Crippen molar-refractivity contribution in [2.45, 2.75) is 6.54 Å². The second-order valence-electron chi connectivity index (χ2n) is 4.83. The van der Waals surface area contributed by atoms with Gasteiger partial charge in [-0.15, -0.1) is 0 Å². The van der Waals surface area contributed by atoms with E-state index in [2.05, 4.69) is 15.9 Å². The molecule has 0 aliphatic carbocycles. The number of halogens is 1. The molecule has 0 radical (unpaired) electrons. The molecule has 0 amide bonds. The Morgan fingerprint density at radius 2 is 1.81 bits per heavy atom. The summed E-state index contributed by atoms with van der Waals surface area (Å²) in [6.45, 7) is 0.227. The molecular formula is C15H12BrNO3S. The molecule has 0 saturated carbocycles. The summed E-state index contributed by atoms with van der Waals surface area (Å²) in [5, 5.41) is 0. The second kappa shape index (κ2) is 5.27. The molecule has 0 atom stereocenters. The molecule has 6 heteroatoms. The van der Waals surface area contributed by atoms with Crippen molar-refractivity contribution in [1.82, 2.24) is 0 Å². The molecule has 0 aromatic heterocycles. The summed E-state index contributed by atoms with van der Waals surface area (Å²) in [6, 6.07) is 14.4. The van der Waals surface area contributed by atoms with Crippen LogP contribution < -0.4 is 4.31 Å². The highest BCUT2D eigenvalue weighted by molar-refractivity contribution is 9.10. The number of Topliss-reactive ketones (excluding diaryl/α,β-unsaturated/α-hetero) is 1. The van der Waals surface area contributed by atoms with Crippen LogP contribution in [0.5, 0.6) is 0 Å². The zero-order valence-corrected chi connectivity index (χ0v) is 13.4. The number of ketones is 1. The third-order valence-electron chi connectivity index (χ3n) is 3.35. The maximum Gasteiger partial charge on any atom is 0.243 e. The smallest absolute Gasteiger partial charge is 0.243 e. The highest BCUT2D eigenvalue weighted by Gasteiger charge is 2.34. The number of nitrogens with zero attached hydrogens (tertiary/aromatic N) is 1. The van der Waals surface area contributed by atoms with E-state index in [4.69, 9.17) is 0 Å². The number of fused-ring (bicyclic) bond motifs is 1. The van der Waals surface area contributed by atoms with Gasteiger partial charge in [0.15, 0.2) is 5.78 Å². The van der Waals surface area contributed by atoms with Gasteiger partial charge < -0.3 is 0 Å². The Morgan fingerprint density at radius 1 is 1.10 bits per heavy atom. The number of hydrogen-bond acceptors (Lipinski definition) is 3. The van der Waals surface area contributed by atoms with Crippen LogP contribution >= 0.6 is 15.9 Å². The molecule has 2 aromatic rings. The van der Waals surface area contributed by atoms with Crippen molar-refractivity contribution < 1.29 is 13.2 Å². The van der Waals surface area contributed by atoms with Gasteiger partial charge in [-0.3, -0.25) is 9.10 Å². The van der Waals surface area contributed by atoms with Crippen LogP contribution in [0.3, 0.4) is 0 Å². The minimum absolute atomic E-state index is 0.227. The molecule has 0 saturated heterocycles. The van der Waals surface area contributed by atoms with Crippen LogP contribution in [0.1, 0.15) is 15.9 Å². The number of carbonyl (C=O) groups excluding carboxylic acids is 1. The summed E-state index contributed by atoms with van der Waals surface area (Å²) < 4.78 is 26.7. The number of carbonyl (C=O) groups is 1. The van der Waals surface area contributed by atoms with Crippen molar-refractivity contribution in [2.75, 3.05) is 10.1 Å². The Kier molecular flexibility index (Phi) is 3.59. The molecule has 0 unspecified atom stereocenters. The molecule has 0 bridgehead atoms. The van der Waals surface area contributed by atoms with Crippen LogP contribution in [0.25, 0.3) is 0 Å². The predicted octanol–water partition coefficient (Wildman–Crippen LogP) is 2.98. The van der Waals surface area contributed by atoms with Gasteiger partial charge in [0.05, 0.1) is 12.2 Å². The maximum atomic E-state index is 12.3. The largest absolute Gasteiger partial charge is 0.293 e. The maximum absolute atomic E-state index is 12.3. The van der Waals surface area contributed by atoms with E-state index in [1.807, 2.05) is 30.3 Å². The van der Waals surface area contributed by atoms with Gasteiger partial charge in [-0.1, -0.05) is 46.3 Å². The van der Waals surface area contributed by atoms with Gasteiger partial charge in [0.25, 0.3) is 0 Å². The van der Waals surface area contributed by atoms with Crippen LogP contribution in [0.4, 0.5) is 5.69 Å². The summed E-state index contributed by atoms with van der Waals surface area (Å²) in [6.07, 6.45) is 0. The number of hydrogen-bond donors (Lipinski definition) is 0. The molecule has 1 aliphatic heterocycles. The first-order valence-corrected chi connectivity index (χ1v) is 8.75. The minimum atomic E-state index is -3.63. The normalized spacial score (nSPS) is 16.6. The highest BCUT2D eigenvalue weighted by atomic mass is 79.9. The molecule has 0 fully saturated rings. The van der Waals surface area contributed by atoms with E-state index in [1.54, 1.807) is 18.2 Å². The topological polar surface area (TPSA) is 54.5 Å². The second-order valence-corrected chi connectivity index (χ2v) is 7.64. The van der Waals surface area contributed by atoms with Gasteiger partial charge >= 0.3 is 0 Å². The standard InChI is InChI=1S/C15H12BrNO3S/c16-12-6-7-14-13(8-12)15(18)10-21(19,20)17(14)9-11-4-2-1-3-5-11/h1-8H,9-10H2. The van der Waals surface area contributed by atoms with Crippen molar-refractivity contribution in [3.05, 3.63) is 64.1 Å². The molecular weight excluding hydrogens is 354 g/mol. The first-order valence-electron chi connectivity index (χ1n) is 6.34. The molecule has 0 spiro atoms. The van der Waals surface area contributed by atoms with E-state index in [-0.39, 0.29) is 12.3 Å². The highest BCUT2D eigenvalue weighted by Crippen LogP contribution is 2.32. The molecule has 4 nitrogen and oxygen atoms in total. The summed E-state index contributed by atoms with van der Waals surface area (Å²) in [7, 11) is -3.63. The quantitative estimate of drug-likeness (QED) is 0.821. The van der Waals surface area contributed by atoms with Crippen LogP contribution in [0.15, 0.2) is 53.0 Å². The molecule has 1 aliphatic rings. The van der Waals surface area contributed by atoms with Gasteiger partial charge in [0, 0.05) is 10.0 Å². The predicted molar refractivity (Wildman–Crippen MR) is 84.9 cm³/mol. The van der Waals surface area contributed by atoms with Crippen molar-refractivity contribution in [1.29, 1.82) is 0 Å². The summed E-state index contributed by atoms with van der Waals surface area (Å²) in [5.41, 5.74) is 1.76. The lowest BCUT2D eigenvalue weighted by Crippen LogP contribution is -2.40. The fraction of sp³-hybridized carbons (Fsp3) is 0.133. The SMILES string of the molecule is O=C1CS(=O)(=O)N(Cc2ccccc2)c2ccc(Br)cc21. The molecule has 21 heavy (non-hydrogen) atoms. The lowest BCUT2D eigenvalue weighted by atomic mass is 10.1. The Balaban J connectivity index is 2.10. The van der Waals surface area contributed by atoms with E-state index in [1.165, 1.54) is 4.31 Å². The van der Waals surface area contributed by atoms with E-state index in [0.717, 1.165) is 10.0 Å². The third-order valence-corrected chi connectivity index (χ3v) is 5.46. The van der Waals surface area contributed by atoms with Gasteiger partial charge in [0.1, 0.15) is 5.75 Å². The van der Waals surface area contributed by atoms with Gasteiger partial charge in [-0.25, -0.2) is 8.42 Å². The summed E-state index contributed by atoms with van der Waals surface area (Å²) >= 11 is 3.31. The Labute approximate surface area is 131 Å². The molecule has 3 rings (SSSR count). The van der Waals surface area contributed by atoms with E-state index >= 15 is 0 Å². The number of sulfonamides is 1. The molecule has 1 heterocycles. The van der Waals surface area contributed by atoms with Crippen LogP contribution in [0, 0.1) is 0 Å². The van der Waals surface area contributed by atoms with Crippen molar-refractivity contribution >= 4 is 37.4 Å². The van der Waals surface area contributed by atoms with E-state index in [0.29, 0.717) is 11.3 Å². The first-order chi connectivity index (χ1) is 9.97. The average Bonchev–Trinajstić information content (AvgIpc) is 2.44. The van der Waals surface area contributed by atoms with Gasteiger partial charge in [-0.05, 0) is 23.8 Å². The third kappa shape index (κ3) is 2.73. The van der Waals surface area contributed by atoms with Crippen LogP contribution in [0.2, 0.25) is 0 Å². The van der Waals surface area contributed by atoms with E-state index < -0.39 is 15.8 Å². The minimum Gasteiger partial charge on any atom is -0.293 e. The van der Waals surface area contributed by atoms with Gasteiger partial charge in [0.2, 0.25) is 10.0 Å². The average molecular weight is 366 g/mol. The van der Waals surface area contributed by atoms with E-state index in [9.17, 15) is 13.2 Å². The number of benzene rings is 2. The fourth-order valence-corrected chi connectivity index (χ4v) is 4.16. The fourth-order valence-electron chi connectivity index (χ4n) is 2.35. The Morgan fingerprint density at radius 3 is 2.52 bits per heavy atom. The lowest BCUT2D eigenvalue weighted by molar-refractivity contribution is 0.102. The molecule has 0 N–H and O–H groups in total. The zero-order valence-electron chi connectivity index (χ0n) is 11.0. The number of anilines is 1. The monoisotopic (exact) mass is 365 g/mol. The summed E-state index contributed by atoms with van der Waals surface area (Å²) in [4.78, 5) is 12.0. The molecule has 2 aromatic carbocycles. The van der Waals surface area contributed by atoms with Crippen LogP contribution in [-0.2, 0) is 16.6 Å². The lowest BCUT2D eigenvalue weighted by Gasteiger charge is -2.30. The Hall–Kier alpha value is -1.66. The molecule has 108 valence electrons. The van der Waals surface area contributed by atoms with Crippen molar-refractivity contribution in [2.24, 2.45) is 0 Å². The van der Waals surface area contributed by atoms with Gasteiger partial charge in [-0.2, -0.15) is 0 Å². The van der Waals surface area contributed by atoms with Crippen molar-refractivity contribution in [3.8, 4) is 0 Å². The Bertz CT molecular complexity index is 803. The summed E-state index contributed by atoms with van der Waals surface area (Å²) in [5.74, 6) is -0.848.